The van der Waals surface area contributed by atoms with Gasteiger partial charge in [-0.2, -0.15) is 0 Å². The molecule has 1 saturated carbocycles. The molecular formula is C22H26BrClFNO2. The molecule has 0 amide bonds. The summed E-state index contributed by atoms with van der Waals surface area (Å²) in [7, 11) is 0. The Balaban J connectivity index is 1.72. The molecule has 0 heterocycles. The molecule has 1 fully saturated rings. The van der Waals surface area contributed by atoms with Gasteiger partial charge in [-0.05, 0) is 49.6 Å². The molecule has 1 aliphatic rings. The van der Waals surface area contributed by atoms with E-state index in [4.69, 9.17) is 21.1 Å². The highest BCUT2D eigenvalue weighted by Gasteiger charge is 2.16. The van der Waals surface area contributed by atoms with E-state index in [2.05, 4.69) is 21.2 Å². The van der Waals surface area contributed by atoms with E-state index < -0.39 is 0 Å². The third-order valence-electron chi connectivity index (χ3n) is 5.03. The van der Waals surface area contributed by atoms with Crippen molar-refractivity contribution in [3.05, 3.63) is 56.8 Å². The molecule has 2 aromatic rings. The Labute approximate surface area is 179 Å². The molecule has 0 bridgehead atoms. The van der Waals surface area contributed by atoms with Gasteiger partial charge < -0.3 is 14.8 Å². The van der Waals surface area contributed by atoms with E-state index >= 15 is 0 Å². The van der Waals surface area contributed by atoms with Crippen LogP contribution < -0.4 is 14.8 Å². The van der Waals surface area contributed by atoms with Crippen LogP contribution in [-0.2, 0) is 13.2 Å². The van der Waals surface area contributed by atoms with E-state index in [1.165, 1.54) is 38.2 Å². The zero-order valence-electron chi connectivity index (χ0n) is 16.1. The first kappa shape index (κ1) is 21.4. The maximum atomic E-state index is 14.0. The Morgan fingerprint density at radius 1 is 1.14 bits per heavy atom. The van der Waals surface area contributed by atoms with Crippen molar-refractivity contribution in [2.75, 3.05) is 6.61 Å². The lowest BCUT2D eigenvalue weighted by atomic mass is 9.95. The second-order valence-electron chi connectivity index (χ2n) is 7.03. The summed E-state index contributed by atoms with van der Waals surface area (Å²) < 4.78 is 26.6. The Kier molecular flexibility index (Phi) is 8.00. The zero-order valence-corrected chi connectivity index (χ0v) is 18.4. The van der Waals surface area contributed by atoms with Crippen molar-refractivity contribution < 1.29 is 13.9 Å². The van der Waals surface area contributed by atoms with Crippen LogP contribution in [0.4, 0.5) is 4.39 Å². The largest absolute Gasteiger partial charge is 0.490 e. The van der Waals surface area contributed by atoms with Gasteiger partial charge in [0.25, 0.3) is 0 Å². The predicted molar refractivity (Wildman–Crippen MR) is 115 cm³/mol. The van der Waals surface area contributed by atoms with E-state index in [0.717, 1.165) is 16.6 Å². The minimum absolute atomic E-state index is 0.0394. The van der Waals surface area contributed by atoms with Crippen LogP contribution in [0.15, 0.2) is 34.8 Å². The van der Waals surface area contributed by atoms with E-state index in [1.54, 1.807) is 12.1 Å². The standard InChI is InChI=1S/C22H26BrClFNO2/c1-2-27-21-11-15(13-26-16-7-4-3-5-8-16)18(23)12-22(21)28-14-17-19(24)9-6-10-20(17)25/h6,9-12,16,26H,2-5,7-8,13-14H2,1H3. The summed E-state index contributed by atoms with van der Waals surface area (Å²) in [6.45, 7) is 3.26. The van der Waals surface area contributed by atoms with Gasteiger partial charge in [-0.3, -0.25) is 0 Å². The fourth-order valence-electron chi connectivity index (χ4n) is 3.47. The molecule has 3 nitrogen and oxygen atoms in total. The third-order valence-corrected chi connectivity index (χ3v) is 6.12. The number of hydrogen-bond acceptors (Lipinski definition) is 3. The summed E-state index contributed by atoms with van der Waals surface area (Å²) in [6.07, 6.45) is 6.41. The highest BCUT2D eigenvalue weighted by Crippen LogP contribution is 2.35. The first-order chi connectivity index (χ1) is 13.6. The van der Waals surface area contributed by atoms with Crippen molar-refractivity contribution >= 4 is 27.5 Å². The predicted octanol–water partition coefficient (Wildman–Crippen LogP) is 6.64. The smallest absolute Gasteiger partial charge is 0.162 e. The van der Waals surface area contributed by atoms with E-state index in [1.807, 2.05) is 19.1 Å². The summed E-state index contributed by atoms with van der Waals surface area (Å²) in [4.78, 5) is 0. The highest BCUT2D eigenvalue weighted by molar-refractivity contribution is 9.10. The average Bonchev–Trinajstić information content (AvgIpc) is 2.69. The molecule has 152 valence electrons. The van der Waals surface area contributed by atoms with Crippen LogP contribution >= 0.6 is 27.5 Å². The van der Waals surface area contributed by atoms with Gasteiger partial charge in [0.15, 0.2) is 11.5 Å². The van der Waals surface area contributed by atoms with Crippen LogP contribution in [0, 0.1) is 5.82 Å². The molecule has 28 heavy (non-hydrogen) atoms. The Morgan fingerprint density at radius 3 is 2.61 bits per heavy atom. The molecule has 1 N–H and O–H groups in total. The van der Waals surface area contributed by atoms with Gasteiger partial charge in [-0.15, -0.1) is 0 Å². The van der Waals surface area contributed by atoms with E-state index in [0.29, 0.717) is 34.7 Å². The first-order valence-electron chi connectivity index (χ1n) is 9.82. The molecule has 0 atom stereocenters. The lowest BCUT2D eigenvalue weighted by Crippen LogP contribution is -2.30. The van der Waals surface area contributed by atoms with Crippen molar-refractivity contribution in [3.63, 3.8) is 0 Å². The molecule has 0 aliphatic heterocycles. The monoisotopic (exact) mass is 469 g/mol. The van der Waals surface area contributed by atoms with Crippen LogP contribution in [0.5, 0.6) is 11.5 Å². The fraction of sp³-hybridized carbons (Fsp3) is 0.455. The Hall–Kier alpha value is -1.30. The number of ether oxygens (including phenoxy) is 2. The van der Waals surface area contributed by atoms with Gasteiger partial charge in [0.1, 0.15) is 12.4 Å². The van der Waals surface area contributed by atoms with Crippen molar-refractivity contribution in [1.82, 2.24) is 5.32 Å². The van der Waals surface area contributed by atoms with Crippen molar-refractivity contribution in [2.45, 2.75) is 58.2 Å². The maximum Gasteiger partial charge on any atom is 0.162 e. The minimum atomic E-state index is -0.377. The molecule has 0 radical (unpaired) electrons. The second kappa shape index (κ2) is 10.5. The fourth-order valence-corrected chi connectivity index (χ4v) is 4.16. The second-order valence-corrected chi connectivity index (χ2v) is 8.29. The normalized spacial score (nSPS) is 14.9. The summed E-state index contributed by atoms with van der Waals surface area (Å²) in [5.41, 5.74) is 1.45. The summed E-state index contributed by atoms with van der Waals surface area (Å²) >= 11 is 9.74. The molecule has 0 unspecified atom stereocenters. The van der Waals surface area contributed by atoms with Gasteiger partial charge in [0.2, 0.25) is 0 Å². The number of halogens is 3. The van der Waals surface area contributed by atoms with Crippen LogP contribution in [-0.4, -0.2) is 12.6 Å². The molecule has 6 heteroatoms. The van der Waals surface area contributed by atoms with Crippen LogP contribution in [0.25, 0.3) is 0 Å². The molecule has 0 spiro atoms. The average molecular weight is 471 g/mol. The molecule has 0 saturated heterocycles. The Bertz CT molecular complexity index is 776. The number of nitrogens with one attached hydrogen (secondary N) is 1. The summed E-state index contributed by atoms with van der Waals surface area (Å²) in [5, 5.41) is 4.00. The van der Waals surface area contributed by atoms with Crippen LogP contribution in [0.3, 0.4) is 0 Å². The van der Waals surface area contributed by atoms with E-state index in [-0.39, 0.29) is 12.4 Å². The summed E-state index contributed by atoms with van der Waals surface area (Å²) in [6, 6.07) is 9.07. The molecular weight excluding hydrogens is 445 g/mol. The molecule has 2 aromatic carbocycles. The van der Waals surface area contributed by atoms with Crippen molar-refractivity contribution in [1.29, 1.82) is 0 Å². The lowest BCUT2D eigenvalue weighted by molar-refractivity contribution is 0.265. The van der Waals surface area contributed by atoms with Gasteiger partial charge in [-0.1, -0.05) is 52.9 Å². The number of benzene rings is 2. The Morgan fingerprint density at radius 2 is 1.89 bits per heavy atom. The van der Waals surface area contributed by atoms with Crippen molar-refractivity contribution in [3.8, 4) is 11.5 Å². The van der Waals surface area contributed by atoms with Crippen LogP contribution in [0.1, 0.15) is 50.2 Å². The lowest BCUT2D eigenvalue weighted by Gasteiger charge is -2.23. The molecule has 3 rings (SSSR count). The van der Waals surface area contributed by atoms with Crippen LogP contribution in [0.2, 0.25) is 5.02 Å². The van der Waals surface area contributed by atoms with Crippen molar-refractivity contribution in [2.24, 2.45) is 0 Å². The third kappa shape index (κ3) is 5.62. The van der Waals surface area contributed by atoms with Gasteiger partial charge in [0, 0.05) is 22.6 Å². The van der Waals surface area contributed by atoms with Gasteiger partial charge in [-0.25, -0.2) is 4.39 Å². The zero-order chi connectivity index (χ0) is 19.9. The quantitative estimate of drug-likeness (QED) is 0.469. The number of hydrogen-bond donors (Lipinski definition) is 1. The maximum absolute atomic E-state index is 14.0. The SMILES string of the molecule is CCOc1cc(CNC2CCCCC2)c(Br)cc1OCc1c(F)cccc1Cl. The topological polar surface area (TPSA) is 30.5 Å². The molecule has 1 aliphatic carbocycles. The molecule has 0 aromatic heterocycles. The van der Waals surface area contributed by atoms with Gasteiger partial charge >= 0.3 is 0 Å². The summed E-state index contributed by atoms with van der Waals surface area (Å²) in [5.74, 6) is 0.839. The highest BCUT2D eigenvalue weighted by atomic mass is 79.9. The first-order valence-corrected chi connectivity index (χ1v) is 11.0. The number of rotatable bonds is 8. The van der Waals surface area contributed by atoms with E-state index in [9.17, 15) is 4.39 Å². The minimum Gasteiger partial charge on any atom is -0.490 e. The van der Waals surface area contributed by atoms with Gasteiger partial charge in [0.05, 0.1) is 11.6 Å².